The maximum atomic E-state index is 13.5. The van der Waals surface area contributed by atoms with E-state index in [4.69, 9.17) is 9.40 Å². The van der Waals surface area contributed by atoms with E-state index in [0.717, 1.165) is 65.6 Å². The third-order valence-corrected chi connectivity index (χ3v) is 7.98. The van der Waals surface area contributed by atoms with Gasteiger partial charge in [-0.05, 0) is 55.0 Å². The fraction of sp³-hybridized carbons (Fsp3) is 0.290. The number of benzene rings is 3. The van der Waals surface area contributed by atoms with Gasteiger partial charge in [0.15, 0.2) is 0 Å². The van der Waals surface area contributed by atoms with Crippen molar-refractivity contribution < 1.29 is 22.4 Å². The number of nitrogens with zero attached hydrogens (tertiary/aromatic N) is 3. The van der Waals surface area contributed by atoms with Crippen LogP contribution in [-0.4, -0.2) is 33.4 Å². The highest BCUT2D eigenvalue weighted by atomic mass is 19.4. The monoisotopic (exact) mass is 529 g/mol. The molecule has 1 atom stereocenters. The van der Waals surface area contributed by atoms with Crippen LogP contribution in [0, 0.1) is 11.8 Å². The first-order valence-corrected chi connectivity index (χ1v) is 13.3. The highest BCUT2D eigenvalue weighted by molar-refractivity contribution is 5.94. The lowest BCUT2D eigenvalue weighted by Gasteiger charge is -2.18. The molecular weight excluding hydrogens is 503 g/mol. The van der Waals surface area contributed by atoms with Crippen LogP contribution in [0.2, 0.25) is 0 Å². The summed E-state index contributed by atoms with van der Waals surface area (Å²) in [6.45, 7) is 1.98. The molecular formula is C31H26F3N3O2. The summed E-state index contributed by atoms with van der Waals surface area (Å²) >= 11 is 0. The van der Waals surface area contributed by atoms with Gasteiger partial charge in [0, 0.05) is 42.1 Å². The third-order valence-electron chi connectivity index (χ3n) is 7.98. The van der Waals surface area contributed by atoms with Crippen molar-refractivity contribution in [1.29, 1.82) is 0 Å². The van der Waals surface area contributed by atoms with E-state index < -0.39 is 11.7 Å². The number of amides is 1. The van der Waals surface area contributed by atoms with Gasteiger partial charge in [-0.1, -0.05) is 42.5 Å². The summed E-state index contributed by atoms with van der Waals surface area (Å²) < 4.78 is 48.1. The Morgan fingerprint density at radius 3 is 2.51 bits per heavy atom. The molecule has 1 aliphatic carbocycles. The van der Waals surface area contributed by atoms with Crippen LogP contribution in [0.25, 0.3) is 44.5 Å². The van der Waals surface area contributed by atoms with Gasteiger partial charge in [-0.15, -0.1) is 0 Å². The van der Waals surface area contributed by atoms with Gasteiger partial charge in [0.2, 0.25) is 5.91 Å². The molecule has 0 spiro atoms. The predicted molar refractivity (Wildman–Crippen MR) is 143 cm³/mol. The van der Waals surface area contributed by atoms with Gasteiger partial charge in [-0.2, -0.15) is 13.2 Å². The smallest absolute Gasteiger partial charge is 0.416 e. The van der Waals surface area contributed by atoms with Crippen LogP contribution in [-0.2, 0) is 17.5 Å². The standard InChI is InChI=1S/C31H26F3N3O2/c32-31(33,34)23-11-12-27-26(15-23)35-29(37(27)17-19-13-14-36(16-19)30(38)22-9-10-22)21-7-5-20(6-8-21)25-18-39-28-4-2-1-3-24(25)28/h1-8,11-12,15,18-19,22H,9-10,13-14,16-17H2. The second kappa shape index (κ2) is 9.00. The van der Waals surface area contributed by atoms with Crippen LogP contribution in [0.5, 0.6) is 0 Å². The number of imidazole rings is 1. The predicted octanol–water partition coefficient (Wildman–Crippen LogP) is 7.39. The van der Waals surface area contributed by atoms with E-state index in [2.05, 4.69) is 0 Å². The molecule has 1 aliphatic heterocycles. The number of aromatic nitrogens is 2. The number of hydrogen-bond donors (Lipinski definition) is 0. The Hall–Kier alpha value is -4.07. The number of rotatable bonds is 5. The lowest BCUT2D eigenvalue weighted by Crippen LogP contribution is -2.30. The Balaban J connectivity index is 1.25. The Labute approximate surface area is 222 Å². The SMILES string of the molecule is O=C(C1CC1)N1CCC(Cn2c(-c3ccc(-c4coc5ccccc45)cc3)nc3cc(C(F)(F)F)ccc32)C1. The highest BCUT2D eigenvalue weighted by Crippen LogP contribution is 2.37. The minimum Gasteiger partial charge on any atom is -0.464 e. The molecule has 0 N–H and O–H groups in total. The van der Waals surface area contributed by atoms with Crippen LogP contribution >= 0.6 is 0 Å². The van der Waals surface area contributed by atoms with Crippen molar-refractivity contribution in [3.8, 4) is 22.5 Å². The number of para-hydroxylation sites is 1. The molecule has 1 saturated heterocycles. The average molecular weight is 530 g/mol. The number of furan rings is 1. The second-order valence-corrected chi connectivity index (χ2v) is 10.7. The summed E-state index contributed by atoms with van der Waals surface area (Å²) in [5.41, 5.74) is 3.85. The quantitative estimate of drug-likeness (QED) is 0.239. The fourth-order valence-corrected chi connectivity index (χ4v) is 5.74. The van der Waals surface area contributed by atoms with Crippen molar-refractivity contribution >= 4 is 27.9 Å². The number of likely N-dealkylation sites (tertiary alicyclic amines) is 1. The first kappa shape index (κ1) is 24.0. The van der Waals surface area contributed by atoms with Gasteiger partial charge in [0.25, 0.3) is 0 Å². The highest BCUT2D eigenvalue weighted by Gasteiger charge is 2.37. The molecule has 7 rings (SSSR count). The van der Waals surface area contributed by atoms with E-state index in [1.807, 2.05) is 58.0 Å². The molecule has 1 unspecified atom stereocenters. The minimum absolute atomic E-state index is 0.181. The van der Waals surface area contributed by atoms with Crippen LogP contribution in [0.15, 0.2) is 77.4 Å². The number of carbonyl (C=O) groups is 1. The van der Waals surface area contributed by atoms with Crippen molar-refractivity contribution in [1.82, 2.24) is 14.5 Å². The zero-order valence-electron chi connectivity index (χ0n) is 21.1. The first-order valence-electron chi connectivity index (χ1n) is 13.3. The average Bonchev–Trinajstić information content (AvgIpc) is 3.37. The summed E-state index contributed by atoms with van der Waals surface area (Å²) in [6, 6.07) is 19.5. The fourth-order valence-electron chi connectivity index (χ4n) is 5.74. The number of hydrogen-bond acceptors (Lipinski definition) is 3. The number of fused-ring (bicyclic) bond motifs is 2. The third kappa shape index (κ3) is 4.37. The second-order valence-electron chi connectivity index (χ2n) is 10.7. The summed E-state index contributed by atoms with van der Waals surface area (Å²) in [5.74, 6) is 1.26. The normalized spacial score (nSPS) is 17.9. The van der Waals surface area contributed by atoms with Crippen LogP contribution < -0.4 is 0 Å². The van der Waals surface area contributed by atoms with Gasteiger partial charge >= 0.3 is 6.18 Å². The van der Waals surface area contributed by atoms with Gasteiger partial charge in [0.1, 0.15) is 11.4 Å². The van der Waals surface area contributed by atoms with Gasteiger partial charge in [-0.3, -0.25) is 4.79 Å². The molecule has 2 fully saturated rings. The topological polar surface area (TPSA) is 51.3 Å². The molecule has 5 nitrogen and oxygen atoms in total. The zero-order valence-corrected chi connectivity index (χ0v) is 21.1. The first-order chi connectivity index (χ1) is 18.8. The zero-order chi connectivity index (χ0) is 26.7. The van der Waals surface area contributed by atoms with Crippen LogP contribution in [0.3, 0.4) is 0 Å². The largest absolute Gasteiger partial charge is 0.464 e. The van der Waals surface area contributed by atoms with Crippen molar-refractivity contribution in [2.75, 3.05) is 13.1 Å². The Bertz CT molecular complexity index is 1700. The Morgan fingerprint density at radius 2 is 1.74 bits per heavy atom. The number of carbonyl (C=O) groups excluding carboxylic acids is 1. The minimum atomic E-state index is -4.44. The lowest BCUT2D eigenvalue weighted by atomic mass is 10.0. The molecule has 3 heterocycles. The van der Waals surface area contributed by atoms with Gasteiger partial charge in [0.05, 0.1) is 22.9 Å². The summed E-state index contributed by atoms with van der Waals surface area (Å²) in [6.07, 6.45) is 0.111. The molecule has 39 heavy (non-hydrogen) atoms. The van der Waals surface area contributed by atoms with Crippen LogP contribution in [0.4, 0.5) is 13.2 Å². The number of halogens is 3. The Morgan fingerprint density at radius 1 is 0.974 bits per heavy atom. The molecule has 0 bridgehead atoms. The summed E-state index contributed by atoms with van der Waals surface area (Å²) in [7, 11) is 0. The molecule has 1 saturated carbocycles. The maximum Gasteiger partial charge on any atom is 0.416 e. The van der Waals surface area contributed by atoms with E-state index in [1.54, 1.807) is 6.26 Å². The van der Waals surface area contributed by atoms with Crippen LogP contribution in [0.1, 0.15) is 24.8 Å². The van der Waals surface area contributed by atoms with E-state index >= 15 is 0 Å². The maximum absolute atomic E-state index is 13.5. The number of alkyl halides is 3. The Kier molecular flexibility index (Phi) is 5.54. The lowest BCUT2D eigenvalue weighted by molar-refractivity contribution is -0.137. The van der Waals surface area contributed by atoms with E-state index in [-0.39, 0.29) is 17.7 Å². The van der Waals surface area contributed by atoms with Crippen molar-refractivity contribution in [2.45, 2.75) is 32.0 Å². The van der Waals surface area contributed by atoms with Gasteiger partial charge < -0.3 is 13.9 Å². The molecule has 1 amide bonds. The van der Waals surface area contributed by atoms with Crippen molar-refractivity contribution in [2.24, 2.45) is 11.8 Å². The summed E-state index contributed by atoms with van der Waals surface area (Å²) in [4.78, 5) is 19.2. The summed E-state index contributed by atoms with van der Waals surface area (Å²) in [5, 5.41) is 1.02. The molecule has 2 aromatic heterocycles. The van der Waals surface area contributed by atoms with Gasteiger partial charge in [-0.25, -0.2) is 4.98 Å². The molecule has 2 aliphatic rings. The van der Waals surface area contributed by atoms with E-state index in [1.165, 1.54) is 6.07 Å². The van der Waals surface area contributed by atoms with Crippen molar-refractivity contribution in [3.05, 3.63) is 78.6 Å². The van der Waals surface area contributed by atoms with E-state index in [0.29, 0.717) is 29.9 Å². The molecule has 0 radical (unpaired) electrons. The van der Waals surface area contributed by atoms with E-state index in [9.17, 15) is 18.0 Å². The molecule has 3 aromatic carbocycles. The molecule has 5 aromatic rings. The molecule has 198 valence electrons. The molecule has 8 heteroatoms. The van der Waals surface area contributed by atoms with Crippen molar-refractivity contribution in [3.63, 3.8) is 0 Å².